The fourth-order valence-electron chi connectivity index (χ4n) is 4.15. The molecule has 1 aliphatic heterocycles. The fourth-order valence-corrected chi connectivity index (χ4v) is 4.15. The summed E-state index contributed by atoms with van der Waals surface area (Å²) in [6.07, 6.45) is 0.105. The van der Waals surface area contributed by atoms with Gasteiger partial charge in [-0.1, -0.05) is 67.6 Å². The first-order chi connectivity index (χ1) is 14.7. The molecule has 0 atom stereocenters. The van der Waals surface area contributed by atoms with Crippen molar-refractivity contribution in [3.8, 4) is 28.0 Å². The molecule has 0 saturated carbocycles. The van der Waals surface area contributed by atoms with E-state index in [0.29, 0.717) is 0 Å². The number of nitrogens with zero attached hydrogens (tertiary/aromatic N) is 2. The molecule has 0 aromatic heterocycles. The Hall–Kier alpha value is -2.78. The predicted molar refractivity (Wildman–Crippen MR) is 127 cm³/mol. The fraction of sp³-hybridized carbons (Fsp3) is 0.333. The Morgan fingerprint density at radius 1 is 0.767 bits per heavy atom. The Balaban J connectivity index is 1.86. The van der Waals surface area contributed by atoms with Crippen LogP contribution < -0.4 is 9.64 Å². The number of likely N-dealkylation sites (N-methyl/N-ethyl adjacent to an activating group) is 1. The van der Waals surface area contributed by atoms with Crippen molar-refractivity contribution in [3.05, 3.63) is 72.8 Å². The summed E-state index contributed by atoms with van der Waals surface area (Å²) in [5.41, 5.74) is 6.00. The summed E-state index contributed by atoms with van der Waals surface area (Å²) in [6.45, 7) is 11.9. The third-order valence-corrected chi connectivity index (χ3v) is 5.78. The molecule has 0 spiro atoms. The van der Waals surface area contributed by atoms with Crippen LogP contribution in [0.3, 0.4) is 0 Å². The summed E-state index contributed by atoms with van der Waals surface area (Å²) in [5.74, 6) is 0.971. The number of benzene rings is 3. The Kier molecular flexibility index (Phi) is 6.39. The van der Waals surface area contributed by atoms with Crippen molar-refractivity contribution in [2.45, 2.75) is 26.9 Å². The highest BCUT2D eigenvalue weighted by Crippen LogP contribution is 2.43. The molecular weight excluding hydrogens is 368 g/mol. The molecule has 3 heteroatoms. The lowest BCUT2D eigenvalue weighted by Crippen LogP contribution is -2.46. The molecule has 0 bridgehead atoms. The molecule has 0 N–H and O–H groups in total. The number of ether oxygens (including phenoxy) is 1. The summed E-state index contributed by atoms with van der Waals surface area (Å²) in [5, 5.41) is 0. The van der Waals surface area contributed by atoms with E-state index in [1.54, 1.807) is 0 Å². The van der Waals surface area contributed by atoms with Gasteiger partial charge < -0.3 is 14.5 Å². The van der Waals surface area contributed by atoms with Crippen LogP contribution in [-0.4, -0.2) is 43.7 Å². The standard InChI is InChI=1S/C27H32N2O/c1-4-28-15-17-29(18-16-28)24-19-25(22-11-7-5-8-12-22)27(30-21(2)3)26(20-24)23-13-9-6-10-14-23/h5-14,19-21H,4,15-18H2,1-3H3. The Bertz CT molecular complexity index is 885. The number of anilines is 1. The second-order valence-corrected chi connectivity index (χ2v) is 8.19. The highest BCUT2D eigenvalue weighted by molar-refractivity contribution is 5.86. The largest absolute Gasteiger partial charge is 0.490 e. The molecule has 3 aromatic rings. The molecule has 1 aliphatic rings. The van der Waals surface area contributed by atoms with E-state index in [1.807, 2.05) is 0 Å². The van der Waals surface area contributed by atoms with Crippen LogP contribution in [0, 0.1) is 0 Å². The Morgan fingerprint density at radius 3 is 1.70 bits per heavy atom. The van der Waals surface area contributed by atoms with Crippen LogP contribution in [-0.2, 0) is 0 Å². The van der Waals surface area contributed by atoms with Gasteiger partial charge in [-0.15, -0.1) is 0 Å². The molecule has 0 amide bonds. The van der Waals surface area contributed by atoms with Crippen LogP contribution in [0.25, 0.3) is 22.3 Å². The second kappa shape index (κ2) is 9.36. The van der Waals surface area contributed by atoms with Gasteiger partial charge in [-0.3, -0.25) is 0 Å². The zero-order valence-corrected chi connectivity index (χ0v) is 18.3. The minimum absolute atomic E-state index is 0.105. The van der Waals surface area contributed by atoms with E-state index in [-0.39, 0.29) is 6.10 Å². The summed E-state index contributed by atoms with van der Waals surface area (Å²) < 4.78 is 6.44. The van der Waals surface area contributed by atoms with Gasteiger partial charge in [0.15, 0.2) is 0 Å². The van der Waals surface area contributed by atoms with Crippen LogP contribution in [0.5, 0.6) is 5.75 Å². The second-order valence-electron chi connectivity index (χ2n) is 8.19. The lowest BCUT2D eigenvalue weighted by Gasteiger charge is -2.36. The van der Waals surface area contributed by atoms with Gasteiger partial charge in [-0.2, -0.15) is 0 Å². The van der Waals surface area contributed by atoms with E-state index >= 15 is 0 Å². The maximum Gasteiger partial charge on any atom is 0.135 e. The van der Waals surface area contributed by atoms with Gasteiger partial charge >= 0.3 is 0 Å². The quantitative estimate of drug-likeness (QED) is 0.508. The van der Waals surface area contributed by atoms with E-state index in [1.165, 1.54) is 27.9 Å². The molecule has 0 radical (unpaired) electrons. The summed E-state index contributed by atoms with van der Waals surface area (Å²) in [4.78, 5) is 5.03. The third-order valence-electron chi connectivity index (χ3n) is 5.78. The van der Waals surface area contributed by atoms with Gasteiger partial charge in [0, 0.05) is 43.0 Å². The summed E-state index contributed by atoms with van der Waals surface area (Å²) in [6, 6.07) is 25.9. The highest BCUT2D eigenvalue weighted by Gasteiger charge is 2.21. The molecule has 1 fully saturated rings. The molecule has 0 aliphatic carbocycles. The van der Waals surface area contributed by atoms with Crippen LogP contribution in [0.4, 0.5) is 5.69 Å². The van der Waals surface area contributed by atoms with Crippen molar-refractivity contribution in [3.63, 3.8) is 0 Å². The lowest BCUT2D eigenvalue weighted by atomic mass is 9.95. The highest BCUT2D eigenvalue weighted by atomic mass is 16.5. The van der Waals surface area contributed by atoms with Crippen molar-refractivity contribution >= 4 is 5.69 Å². The zero-order valence-electron chi connectivity index (χ0n) is 18.3. The topological polar surface area (TPSA) is 15.7 Å². The SMILES string of the molecule is CCN1CCN(c2cc(-c3ccccc3)c(OC(C)C)c(-c3ccccc3)c2)CC1. The van der Waals surface area contributed by atoms with Crippen molar-refractivity contribution in [1.82, 2.24) is 4.90 Å². The molecule has 3 aromatic carbocycles. The van der Waals surface area contributed by atoms with Crippen molar-refractivity contribution in [2.75, 3.05) is 37.6 Å². The van der Waals surface area contributed by atoms with Gasteiger partial charge in [-0.25, -0.2) is 0 Å². The number of hydrogen-bond acceptors (Lipinski definition) is 3. The molecule has 1 saturated heterocycles. The van der Waals surface area contributed by atoms with Crippen molar-refractivity contribution < 1.29 is 4.74 Å². The van der Waals surface area contributed by atoms with Crippen LogP contribution in [0.15, 0.2) is 72.8 Å². The van der Waals surface area contributed by atoms with Gasteiger partial charge in [0.05, 0.1) is 6.10 Å². The van der Waals surface area contributed by atoms with Crippen LogP contribution in [0.2, 0.25) is 0 Å². The lowest BCUT2D eigenvalue weighted by molar-refractivity contribution is 0.244. The minimum atomic E-state index is 0.105. The molecule has 3 nitrogen and oxygen atoms in total. The first-order valence-electron chi connectivity index (χ1n) is 11.1. The predicted octanol–water partition coefficient (Wildman–Crippen LogP) is 5.95. The van der Waals surface area contributed by atoms with Crippen molar-refractivity contribution in [2.24, 2.45) is 0 Å². The average Bonchev–Trinajstić information content (AvgIpc) is 2.80. The smallest absolute Gasteiger partial charge is 0.135 e. The minimum Gasteiger partial charge on any atom is -0.490 e. The van der Waals surface area contributed by atoms with E-state index in [2.05, 4.69) is 103 Å². The Labute approximate surface area is 180 Å². The Morgan fingerprint density at radius 2 is 1.27 bits per heavy atom. The molecule has 0 unspecified atom stereocenters. The van der Waals surface area contributed by atoms with Crippen LogP contribution in [0.1, 0.15) is 20.8 Å². The number of hydrogen-bond donors (Lipinski definition) is 0. The van der Waals surface area contributed by atoms with Crippen LogP contribution >= 0.6 is 0 Å². The van der Waals surface area contributed by atoms with E-state index in [4.69, 9.17) is 4.74 Å². The van der Waals surface area contributed by atoms with Gasteiger partial charge in [0.25, 0.3) is 0 Å². The molecule has 156 valence electrons. The maximum atomic E-state index is 6.44. The van der Waals surface area contributed by atoms with E-state index in [0.717, 1.165) is 38.5 Å². The summed E-state index contributed by atoms with van der Waals surface area (Å²) in [7, 11) is 0. The number of rotatable bonds is 6. The first kappa shape index (κ1) is 20.5. The van der Waals surface area contributed by atoms with Gasteiger partial charge in [0.1, 0.15) is 5.75 Å². The summed E-state index contributed by atoms with van der Waals surface area (Å²) >= 11 is 0. The molecule has 1 heterocycles. The zero-order chi connectivity index (χ0) is 20.9. The van der Waals surface area contributed by atoms with E-state index < -0.39 is 0 Å². The molecule has 30 heavy (non-hydrogen) atoms. The normalized spacial score (nSPS) is 14.9. The third kappa shape index (κ3) is 4.52. The first-order valence-corrected chi connectivity index (χ1v) is 11.1. The average molecular weight is 401 g/mol. The van der Waals surface area contributed by atoms with Crippen molar-refractivity contribution in [1.29, 1.82) is 0 Å². The number of piperazine rings is 1. The maximum absolute atomic E-state index is 6.44. The van der Waals surface area contributed by atoms with Gasteiger partial charge in [-0.05, 0) is 43.7 Å². The van der Waals surface area contributed by atoms with E-state index in [9.17, 15) is 0 Å². The van der Waals surface area contributed by atoms with Gasteiger partial charge in [0.2, 0.25) is 0 Å². The molecule has 4 rings (SSSR count). The monoisotopic (exact) mass is 400 g/mol. The molecular formula is C27H32N2O.